The van der Waals surface area contributed by atoms with Gasteiger partial charge in [-0.25, -0.2) is 9.59 Å². The Morgan fingerprint density at radius 1 is 1.10 bits per heavy atom. The lowest BCUT2D eigenvalue weighted by Crippen LogP contribution is -2.50. The molecule has 8 nitrogen and oxygen atoms in total. The number of nitrogens with zero attached hydrogens (tertiary/aromatic N) is 1. The Morgan fingerprint density at radius 3 is 2.72 bits per heavy atom. The molecule has 5 rings (SSSR count). The lowest BCUT2D eigenvalue weighted by atomic mass is 9.96. The molecule has 0 spiro atoms. The molecule has 0 unspecified atom stereocenters. The quantitative estimate of drug-likeness (QED) is 0.181. The molecule has 1 aliphatic heterocycles. The number of carbonyl (C=O) groups excluding carboxylic acids is 2. The van der Waals surface area contributed by atoms with Crippen LogP contribution >= 0.6 is 0 Å². The van der Waals surface area contributed by atoms with Gasteiger partial charge < -0.3 is 23.8 Å². The van der Waals surface area contributed by atoms with Crippen molar-refractivity contribution in [1.82, 2.24) is 9.88 Å². The average molecular weight is 531 g/mol. The van der Waals surface area contributed by atoms with Gasteiger partial charge in [0.1, 0.15) is 17.4 Å². The zero-order chi connectivity index (χ0) is 27.5. The maximum absolute atomic E-state index is 13.3. The monoisotopic (exact) mass is 530 g/mol. The number of aryl methyl sites for hydroxylation is 1. The molecule has 0 saturated heterocycles. The Bertz CT molecular complexity index is 1580. The van der Waals surface area contributed by atoms with Crippen LogP contribution in [0.25, 0.3) is 21.9 Å². The van der Waals surface area contributed by atoms with E-state index < -0.39 is 12.0 Å². The molecule has 1 amide bonds. The second kappa shape index (κ2) is 11.4. The Morgan fingerprint density at radius 2 is 1.92 bits per heavy atom. The van der Waals surface area contributed by atoms with E-state index in [4.69, 9.17) is 13.9 Å². The van der Waals surface area contributed by atoms with Crippen LogP contribution in [0.2, 0.25) is 0 Å². The normalized spacial score (nSPS) is 14.9. The summed E-state index contributed by atoms with van der Waals surface area (Å²) in [4.78, 5) is 43.5. The zero-order valence-electron chi connectivity index (χ0n) is 22.7. The van der Waals surface area contributed by atoms with Crippen LogP contribution in [0.5, 0.6) is 5.75 Å². The summed E-state index contributed by atoms with van der Waals surface area (Å²) in [5, 5.41) is 1.90. The van der Waals surface area contributed by atoms with Crippen molar-refractivity contribution in [1.29, 1.82) is 0 Å². The number of fused-ring (bicyclic) bond motifs is 4. The Labute approximate surface area is 226 Å². The number of H-pyrrole nitrogens is 1. The molecule has 39 heavy (non-hydrogen) atoms. The first kappa shape index (κ1) is 26.5. The van der Waals surface area contributed by atoms with Crippen LogP contribution in [0, 0.1) is 6.92 Å². The van der Waals surface area contributed by atoms with Crippen LogP contribution in [-0.2, 0) is 33.7 Å². The van der Waals surface area contributed by atoms with Gasteiger partial charge in [0.15, 0.2) is 6.61 Å². The molecule has 1 aliphatic rings. The van der Waals surface area contributed by atoms with E-state index in [2.05, 4.69) is 11.9 Å². The van der Waals surface area contributed by atoms with Crippen LogP contribution in [-0.4, -0.2) is 41.5 Å². The van der Waals surface area contributed by atoms with E-state index >= 15 is 0 Å². The molecule has 0 radical (unpaired) electrons. The minimum Gasteiger partial charge on any atom is -0.484 e. The lowest BCUT2D eigenvalue weighted by molar-refractivity contribution is -0.154. The number of ether oxygens (including phenoxy) is 2. The first-order valence-electron chi connectivity index (χ1n) is 13.6. The van der Waals surface area contributed by atoms with Gasteiger partial charge in [-0.2, -0.15) is 0 Å². The van der Waals surface area contributed by atoms with Crippen molar-refractivity contribution in [2.75, 3.05) is 13.7 Å². The highest BCUT2D eigenvalue weighted by Gasteiger charge is 2.37. The summed E-state index contributed by atoms with van der Waals surface area (Å²) in [5.41, 5.74) is 4.63. The summed E-state index contributed by atoms with van der Waals surface area (Å²) in [5.74, 6) is -0.394. The van der Waals surface area contributed by atoms with E-state index in [1.807, 2.05) is 37.3 Å². The lowest BCUT2D eigenvalue weighted by Gasteiger charge is -2.33. The van der Waals surface area contributed by atoms with E-state index in [1.54, 1.807) is 12.1 Å². The van der Waals surface area contributed by atoms with Gasteiger partial charge in [-0.15, -0.1) is 0 Å². The summed E-state index contributed by atoms with van der Waals surface area (Å²) in [6, 6.07) is 12.4. The molecule has 4 aromatic rings. The fourth-order valence-corrected chi connectivity index (χ4v) is 5.53. The van der Waals surface area contributed by atoms with Crippen LogP contribution < -0.4 is 10.4 Å². The van der Waals surface area contributed by atoms with Crippen molar-refractivity contribution in [2.24, 2.45) is 0 Å². The number of amides is 1. The minimum atomic E-state index is -0.745. The van der Waals surface area contributed by atoms with Gasteiger partial charge in [-0.1, -0.05) is 44.4 Å². The third-order valence-corrected chi connectivity index (χ3v) is 7.70. The number of aromatic nitrogens is 1. The van der Waals surface area contributed by atoms with E-state index in [0.717, 1.165) is 64.4 Å². The molecule has 3 heterocycles. The summed E-state index contributed by atoms with van der Waals surface area (Å²) >= 11 is 0. The van der Waals surface area contributed by atoms with Crippen molar-refractivity contribution in [2.45, 2.75) is 65.0 Å². The molecule has 1 atom stereocenters. The summed E-state index contributed by atoms with van der Waals surface area (Å²) in [7, 11) is 1.33. The number of hydrogen-bond acceptors (Lipinski definition) is 6. The average Bonchev–Trinajstić information content (AvgIpc) is 3.31. The van der Waals surface area contributed by atoms with Crippen LogP contribution in [0.3, 0.4) is 0 Å². The van der Waals surface area contributed by atoms with Crippen molar-refractivity contribution in [3.63, 3.8) is 0 Å². The van der Waals surface area contributed by atoms with Gasteiger partial charge in [-0.3, -0.25) is 4.79 Å². The Balaban J connectivity index is 1.32. The number of hydrogen-bond donors (Lipinski definition) is 1. The van der Waals surface area contributed by atoms with Crippen molar-refractivity contribution < 1.29 is 23.5 Å². The largest absolute Gasteiger partial charge is 0.484 e. The van der Waals surface area contributed by atoms with Gasteiger partial charge in [0.05, 0.1) is 13.7 Å². The number of para-hydroxylation sites is 1. The summed E-state index contributed by atoms with van der Waals surface area (Å²) in [6.07, 6.45) is 5.39. The number of rotatable bonds is 9. The first-order valence-corrected chi connectivity index (χ1v) is 13.6. The highest BCUT2D eigenvalue weighted by molar-refractivity contribution is 5.90. The van der Waals surface area contributed by atoms with E-state index in [1.165, 1.54) is 12.0 Å². The predicted molar refractivity (Wildman–Crippen MR) is 149 cm³/mol. The second-order valence-corrected chi connectivity index (χ2v) is 10.1. The number of unbranched alkanes of at least 4 members (excludes halogenated alkanes) is 3. The standard InChI is InChI=1S/C31H34N2O6/c1-4-5-6-7-10-22-19(2)21-14-13-20(15-28(21)39-30(22)35)38-18-29(34)33-17-26-24(16-27(33)31(36)37-3)23-11-8-9-12-25(23)32-26/h8-9,11-15,27,32H,4-7,10,16-18H2,1-3H3/t27-/m1/s1. The highest BCUT2D eigenvalue weighted by atomic mass is 16.5. The third kappa shape index (κ3) is 5.28. The van der Waals surface area contributed by atoms with Crippen molar-refractivity contribution >= 4 is 33.7 Å². The molecule has 204 valence electrons. The smallest absolute Gasteiger partial charge is 0.339 e. The van der Waals surface area contributed by atoms with Gasteiger partial charge in [-0.05, 0) is 49.1 Å². The maximum atomic E-state index is 13.3. The minimum absolute atomic E-state index is 0.249. The van der Waals surface area contributed by atoms with Gasteiger partial charge in [0, 0.05) is 40.0 Å². The molecule has 1 N–H and O–H groups in total. The van der Waals surface area contributed by atoms with Crippen molar-refractivity contribution in [3.05, 3.63) is 75.3 Å². The van der Waals surface area contributed by atoms with Crippen LogP contribution in [0.4, 0.5) is 0 Å². The molecule has 0 fully saturated rings. The fraction of sp³-hybridized carbons (Fsp3) is 0.387. The molecule has 2 aromatic heterocycles. The maximum Gasteiger partial charge on any atom is 0.339 e. The predicted octanol–water partition coefficient (Wildman–Crippen LogP) is 5.21. The molecule has 0 saturated carbocycles. The molecular weight excluding hydrogens is 496 g/mol. The summed E-state index contributed by atoms with van der Waals surface area (Å²) < 4.78 is 16.5. The summed E-state index contributed by atoms with van der Waals surface area (Å²) in [6.45, 7) is 4.08. The van der Waals surface area contributed by atoms with Gasteiger partial charge >= 0.3 is 11.6 Å². The molecule has 8 heteroatoms. The van der Waals surface area contributed by atoms with Crippen LogP contribution in [0.15, 0.2) is 51.7 Å². The number of methoxy groups -OCH3 is 1. The van der Waals surface area contributed by atoms with Crippen molar-refractivity contribution in [3.8, 4) is 5.75 Å². The number of carbonyl (C=O) groups is 2. The Kier molecular flexibility index (Phi) is 7.72. The molecule has 0 aliphatic carbocycles. The molecule has 2 aromatic carbocycles. The third-order valence-electron chi connectivity index (χ3n) is 7.70. The fourth-order valence-electron chi connectivity index (χ4n) is 5.53. The zero-order valence-corrected chi connectivity index (χ0v) is 22.7. The second-order valence-electron chi connectivity index (χ2n) is 10.1. The van der Waals surface area contributed by atoms with Gasteiger partial charge in [0.2, 0.25) is 0 Å². The number of benzene rings is 2. The highest BCUT2D eigenvalue weighted by Crippen LogP contribution is 2.31. The van der Waals surface area contributed by atoms with Gasteiger partial charge in [0.25, 0.3) is 5.91 Å². The first-order chi connectivity index (χ1) is 18.9. The number of esters is 1. The molecule has 0 bridgehead atoms. The van der Waals surface area contributed by atoms with E-state index in [-0.39, 0.29) is 24.7 Å². The van der Waals surface area contributed by atoms with Crippen LogP contribution in [0.1, 0.15) is 55.0 Å². The topological polar surface area (TPSA) is 102 Å². The number of nitrogens with one attached hydrogen (secondary N) is 1. The molecular formula is C31H34N2O6. The van der Waals surface area contributed by atoms with E-state index in [0.29, 0.717) is 24.2 Å². The Hall–Kier alpha value is -4.07. The number of aromatic amines is 1. The SMILES string of the molecule is CCCCCCc1c(C)c2ccc(OCC(=O)N3Cc4[nH]c5ccccc5c4C[C@@H]3C(=O)OC)cc2oc1=O. The van der Waals surface area contributed by atoms with E-state index in [9.17, 15) is 14.4 Å².